The molecule has 0 saturated heterocycles. The van der Waals surface area contributed by atoms with Crippen LogP contribution in [-0.4, -0.2) is 29.1 Å². The Morgan fingerprint density at radius 1 is 1.12 bits per heavy atom. The van der Waals surface area contributed by atoms with E-state index in [-0.39, 0.29) is 6.79 Å². The number of ether oxygens (including phenoxy) is 3. The lowest BCUT2D eigenvalue weighted by Gasteiger charge is -2.11. The molecule has 0 unspecified atom stereocenters. The van der Waals surface area contributed by atoms with E-state index in [0.29, 0.717) is 18.3 Å². The van der Waals surface area contributed by atoms with Gasteiger partial charge in [-0.05, 0) is 29.8 Å². The van der Waals surface area contributed by atoms with E-state index in [9.17, 15) is 0 Å². The number of anilines is 3. The van der Waals surface area contributed by atoms with E-state index in [1.54, 1.807) is 13.3 Å². The summed E-state index contributed by atoms with van der Waals surface area (Å²) < 4.78 is 16.0. The Morgan fingerprint density at radius 3 is 2.92 bits per heavy atom. The Morgan fingerprint density at radius 2 is 2.00 bits per heavy atom. The van der Waals surface area contributed by atoms with E-state index in [0.717, 1.165) is 28.5 Å². The molecule has 0 atom stereocenters. The second-order valence-corrected chi connectivity index (χ2v) is 5.53. The highest BCUT2D eigenvalue weighted by atomic mass is 16.7. The molecule has 26 heavy (non-hydrogen) atoms. The van der Waals surface area contributed by atoms with E-state index >= 15 is 0 Å². The van der Waals surface area contributed by atoms with Crippen LogP contribution in [0.5, 0.6) is 17.2 Å². The molecule has 0 fully saturated rings. The van der Waals surface area contributed by atoms with Gasteiger partial charge in [-0.3, -0.25) is 0 Å². The normalized spacial score (nSPS) is 11.9. The van der Waals surface area contributed by atoms with Crippen molar-refractivity contribution in [1.29, 1.82) is 0 Å². The minimum absolute atomic E-state index is 0.260. The van der Waals surface area contributed by atoms with Gasteiger partial charge < -0.3 is 24.8 Å². The number of para-hydroxylation sites is 2. The van der Waals surface area contributed by atoms with E-state index in [1.165, 1.54) is 0 Å². The van der Waals surface area contributed by atoms with Gasteiger partial charge in [0, 0.05) is 6.54 Å². The fourth-order valence-electron chi connectivity index (χ4n) is 2.56. The summed E-state index contributed by atoms with van der Waals surface area (Å²) in [5.41, 5.74) is 1.83. The standard InChI is InChI=1S/C18H17N5O3/c1-24-14-5-3-2-4-13(14)21-17-10-20-23-18(22-17)19-9-12-6-7-15-16(8-12)26-11-25-15/h2-8,10H,9,11H2,1H3,(H2,19,21,22,23). The van der Waals surface area contributed by atoms with Crippen LogP contribution in [0.1, 0.15) is 5.56 Å². The molecule has 0 spiro atoms. The zero-order chi connectivity index (χ0) is 17.8. The van der Waals surface area contributed by atoms with Crippen molar-refractivity contribution in [3.63, 3.8) is 0 Å². The molecule has 2 N–H and O–H groups in total. The molecule has 0 bridgehead atoms. The largest absolute Gasteiger partial charge is 0.495 e. The molecule has 0 saturated carbocycles. The zero-order valence-electron chi connectivity index (χ0n) is 14.1. The Hall–Kier alpha value is -3.55. The third-order valence-corrected chi connectivity index (χ3v) is 3.82. The molecule has 1 aliphatic heterocycles. The Labute approximate surface area is 150 Å². The average molecular weight is 351 g/mol. The van der Waals surface area contributed by atoms with Crippen LogP contribution in [0.3, 0.4) is 0 Å². The number of rotatable bonds is 6. The number of benzene rings is 2. The predicted octanol–water partition coefficient (Wildman–Crippen LogP) is 2.96. The van der Waals surface area contributed by atoms with Crippen LogP contribution in [0.2, 0.25) is 0 Å². The minimum Gasteiger partial charge on any atom is -0.495 e. The van der Waals surface area contributed by atoms with Crippen LogP contribution < -0.4 is 24.8 Å². The molecule has 132 valence electrons. The van der Waals surface area contributed by atoms with E-state index < -0.39 is 0 Å². The van der Waals surface area contributed by atoms with Gasteiger partial charge in [0.2, 0.25) is 12.7 Å². The molecule has 1 aromatic heterocycles. The second kappa shape index (κ2) is 7.14. The van der Waals surface area contributed by atoms with Crippen LogP contribution in [0.15, 0.2) is 48.7 Å². The fourth-order valence-corrected chi connectivity index (χ4v) is 2.56. The van der Waals surface area contributed by atoms with Crippen LogP contribution >= 0.6 is 0 Å². The van der Waals surface area contributed by atoms with Gasteiger partial charge in [0.15, 0.2) is 17.3 Å². The van der Waals surface area contributed by atoms with E-state index in [1.807, 2.05) is 42.5 Å². The number of hydrogen-bond acceptors (Lipinski definition) is 8. The summed E-state index contributed by atoms with van der Waals surface area (Å²) in [6, 6.07) is 13.4. The van der Waals surface area contributed by atoms with Crippen LogP contribution in [-0.2, 0) is 6.54 Å². The topological polar surface area (TPSA) is 90.4 Å². The van der Waals surface area contributed by atoms with E-state index in [4.69, 9.17) is 14.2 Å². The lowest BCUT2D eigenvalue weighted by atomic mass is 10.2. The quantitative estimate of drug-likeness (QED) is 0.700. The molecule has 2 heterocycles. The van der Waals surface area contributed by atoms with Gasteiger partial charge in [-0.15, -0.1) is 5.10 Å². The van der Waals surface area contributed by atoms with Crippen molar-refractivity contribution in [3.05, 3.63) is 54.2 Å². The smallest absolute Gasteiger partial charge is 0.244 e. The first-order valence-corrected chi connectivity index (χ1v) is 8.04. The fraction of sp³-hybridized carbons (Fsp3) is 0.167. The molecular formula is C18H17N5O3. The van der Waals surface area contributed by atoms with Gasteiger partial charge in [-0.25, -0.2) is 0 Å². The average Bonchev–Trinajstić information content (AvgIpc) is 3.15. The summed E-state index contributed by atoms with van der Waals surface area (Å²) in [6.45, 7) is 0.798. The molecule has 0 amide bonds. The molecule has 2 aromatic carbocycles. The third-order valence-electron chi connectivity index (χ3n) is 3.82. The van der Waals surface area contributed by atoms with Crippen LogP contribution in [0, 0.1) is 0 Å². The molecule has 3 aromatic rings. The first-order chi connectivity index (χ1) is 12.8. The summed E-state index contributed by atoms with van der Waals surface area (Å²) in [5.74, 6) is 3.21. The maximum atomic E-state index is 5.38. The number of nitrogens with zero attached hydrogens (tertiary/aromatic N) is 3. The summed E-state index contributed by atoms with van der Waals surface area (Å²) in [6.07, 6.45) is 1.55. The van der Waals surface area contributed by atoms with Gasteiger partial charge in [-0.1, -0.05) is 18.2 Å². The van der Waals surface area contributed by atoms with Gasteiger partial charge in [0.1, 0.15) is 5.75 Å². The summed E-state index contributed by atoms with van der Waals surface area (Å²) >= 11 is 0. The lowest BCUT2D eigenvalue weighted by molar-refractivity contribution is 0.174. The molecule has 8 nitrogen and oxygen atoms in total. The Bertz CT molecular complexity index is 919. The third kappa shape index (κ3) is 3.44. The molecule has 0 aliphatic carbocycles. The van der Waals surface area contributed by atoms with Crippen molar-refractivity contribution >= 4 is 17.5 Å². The van der Waals surface area contributed by atoms with Crippen LogP contribution in [0.25, 0.3) is 0 Å². The highest BCUT2D eigenvalue weighted by molar-refractivity contribution is 5.63. The number of fused-ring (bicyclic) bond motifs is 1. The highest BCUT2D eigenvalue weighted by Gasteiger charge is 2.13. The molecule has 4 rings (SSSR count). The van der Waals surface area contributed by atoms with E-state index in [2.05, 4.69) is 25.8 Å². The minimum atomic E-state index is 0.260. The number of aromatic nitrogens is 3. The number of nitrogens with one attached hydrogen (secondary N) is 2. The Kier molecular flexibility index (Phi) is 4.38. The maximum Gasteiger partial charge on any atom is 0.244 e. The highest BCUT2D eigenvalue weighted by Crippen LogP contribution is 2.32. The van der Waals surface area contributed by atoms with Crippen molar-refractivity contribution in [2.24, 2.45) is 0 Å². The van der Waals surface area contributed by atoms with Gasteiger partial charge in [-0.2, -0.15) is 10.1 Å². The first-order valence-electron chi connectivity index (χ1n) is 8.04. The summed E-state index contributed by atoms with van der Waals surface area (Å²) in [4.78, 5) is 4.42. The van der Waals surface area contributed by atoms with Crippen molar-refractivity contribution in [2.45, 2.75) is 6.54 Å². The Balaban J connectivity index is 1.44. The molecule has 0 radical (unpaired) electrons. The van der Waals surface area contributed by atoms with Crippen molar-refractivity contribution in [2.75, 3.05) is 24.5 Å². The van der Waals surface area contributed by atoms with Gasteiger partial charge in [0.25, 0.3) is 0 Å². The number of hydrogen-bond donors (Lipinski definition) is 2. The van der Waals surface area contributed by atoms with Gasteiger partial charge >= 0.3 is 0 Å². The van der Waals surface area contributed by atoms with Gasteiger partial charge in [0.05, 0.1) is 19.0 Å². The summed E-state index contributed by atoms with van der Waals surface area (Å²) in [5, 5.41) is 14.3. The van der Waals surface area contributed by atoms with Crippen molar-refractivity contribution in [3.8, 4) is 17.2 Å². The summed E-state index contributed by atoms with van der Waals surface area (Å²) in [7, 11) is 1.62. The SMILES string of the molecule is COc1ccccc1Nc1cnnc(NCc2ccc3c(c2)OCO3)n1. The lowest BCUT2D eigenvalue weighted by Crippen LogP contribution is -2.06. The maximum absolute atomic E-state index is 5.38. The van der Waals surface area contributed by atoms with Crippen LogP contribution in [0.4, 0.5) is 17.5 Å². The molecular weight excluding hydrogens is 334 g/mol. The predicted molar refractivity (Wildman–Crippen MR) is 96.0 cm³/mol. The van der Waals surface area contributed by atoms with Crippen molar-refractivity contribution in [1.82, 2.24) is 15.2 Å². The zero-order valence-corrected chi connectivity index (χ0v) is 14.1. The molecule has 8 heteroatoms. The first kappa shape index (κ1) is 15.9. The van der Waals surface area contributed by atoms with Crippen molar-refractivity contribution < 1.29 is 14.2 Å². The number of methoxy groups -OCH3 is 1. The second-order valence-electron chi connectivity index (χ2n) is 5.53. The molecule has 1 aliphatic rings. The monoisotopic (exact) mass is 351 g/mol.